The van der Waals surface area contributed by atoms with Gasteiger partial charge in [0.1, 0.15) is 0 Å². The van der Waals surface area contributed by atoms with Gasteiger partial charge < -0.3 is 0 Å². The van der Waals surface area contributed by atoms with Crippen molar-refractivity contribution in [1.82, 2.24) is 0 Å². The zero-order valence-electron chi connectivity index (χ0n) is 3.80. The van der Waals surface area contributed by atoms with Gasteiger partial charge in [-0.05, 0) is 5.92 Å². The topological polar surface area (TPSA) is 46.5 Å². The third kappa shape index (κ3) is 5.90. The van der Waals surface area contributed by atoms with Crippen molar-refractivity contribution < 1.29 is 14.0 Å². The Labute approximate surface area is 56.1 Å². The number of rotatable bonds is 1. The van der Waals surface area contributed by atoms with E-state index in [1.807, 2.05) is 6.11 Å². The summed E-state index contributed by atoms with van der Waals surface area (Å²) in [5.74, 6) is 2.38. The highest BCUT2D eigenvalue weighted by Gasteiger charge is 2.07. The maximum Gasteiger partial charge on any atom is 0.756 e. The summed E-state index contributed by atoms with van der Waals surface area (Å²) in [6, 6.07) is 0. The van der Waals surface area contributed by atoms with E-state index in [1.54, 1.807) is 0 Å². The van der Waals surface area contributed by atoms with Crippen molar-refractivity contribution in [3.05, 3.63) is 0 Å². The van der Waals surface area contributed by atoms with Gasteiger partial charge in [0, 0.05) is 4.57 Å². The van der Waals surface area contributed by atoms with Crippen molar-refractivity contribution in [2.75, 3.05) is 5.33 Å². The molecule has 0 aliphatic carbocycles. The first-order chi connectivity index (χ1) is 3.77. The van der Waals surface area contributed by atoms with Crippen molar-refractivity contribution in [3.8, 4) is 12.0 Å². The predicted octanol–water partition coefficient (Wildman–Crippen LogP) is 1.01. The molecule has 0 aromatic heterocycles. The van der Waals surface area contributed by atoms with Gasteiger partial charge in [0.15, 0.2) is 6.11 Å². The molecule has 0 aliphatic rings. The van der Waals surface area contributed by atoms with Crippen molar-refractivity contribution in [2.45, 2.75) is 0 Å². The van der Waals surface area contributed by atoms with Crippen LogP contribution < -0.4 is 0 Å². The van der Waals surface area contributed by atoms with E-state index in [9.17, 15) is 4.57 Å². The molecular weight excluding hydrogens is 195 g/mol. The zero-order chi connectivity index (χ0) is 6.41. The van der Waals surface area contributed by atoms with E-state index in [0.717, 1.165) is 0 Å². The minimum absolute atomic E-state index is 0.441. The highest BCUT2D eigenvalue weighted by atomic mass is 79.9. The molecule has 0 aromatic rings. The zero-order valence-corrected chi connectivity index (χ0v) is 6.28. The summed E-state index contributed by atoms with van der Waals surface area (Å²) in [5.41, 5.74) is 0. The first-order valence-electron chi connectivity index (χ1n) is 1.64. The third-order valence-electron chi connectivity index (χ3n) is 0.263. The molecule has 0 aliphatic heterocycles. The Morgan fingerprint density at radius 3 is 2.88 bits per heavy atom. The molecule has 8 heavy (non-hydrogen) atoms. The minimum Gasteiger partial charge on any atom is -0.173 e. The lowest BCUT2D eigenvalue weighted by molar-refractivity contribution is 0.394. The highest BCUT2D eigenvalue weighted by molar-refractivity contribution is 9.09. The van der Waals surface area contributed by atoms with Crippen molar-refractivity contribution in [3.63, 3.8) is 0 Å². The molecular formula is C3H3BrO3P+. The average Bonchev–Trinajstić information content (AvgIpc) is 1.66. The molecule has 44 valence electrons. The molecule has 0 rings (SSSR count). The van der Waals surface area contributed by atoms with Gasteiger partial charge in [-0.25, -0.2) is 0 Å². The Morgan fingerprint density at radius 1 is 1.88 bits per heavy atom. The Morgan fingerprint density at radius 2 is 2.50 bits per heavy atom. The molecule has 0 bridgehead atoms. The van der Waals surface area contributed by atoms with Crippen LogP contribution in [0.3, 0.4) is 0 Å². The summed E-state index contributed by atoms with van der Waals surface area (Å²) in [4.78, 5) is 7.95. The van der Waals surface area contributed by atoms with E-state index in [-0.39, 0.29) is 0 Å². The van der Waals surface area contributed by atoms with Gasteiger partial charge in [-0.15, -0.1) is 4.89 Å². The Kier molecular flexibility index (Phi) is 4.98. The molecule has 5 heteroatoms. The molecule has 0 heterocycles. The lowest BCUT2D eigenvalue weighted by Crippen LogP contribution is -1.64. The Hall–Kier alpha value is -0.100. The quantitative estimate of drug-likeness (QED) is 0.388. The number of halogens is 1. The van der Waals surface area contributed by atoms with Crippen LogP contribution in [0, 0.1) is 12.0 Å². The van der Waals surface area contributed by atoms with Crippen LogP contribution in [0.1, 0.15) is 0 Å². The van der Waals surface area contributed by atoms with Crippen LogP contribution >= 0.6 is 24.2 Å². The van der Waals surface area contributed by atoms with E-state index in [0.29, 0.717) is 5.33 Å². The molecule has 0 fully saturated rings. The standard InChI is InChI=1S/C3H2BrO3P/c4-2-1-3-7-8(5)6/h2H2/p+1. The molecule has 0 aromatic carbocycles. The SMILES string of the molecule is O=[P+](O)OC#CCBr. The fourth-order valence-electron chi connectivity index (χ4n) is 0.0986. The van der Waals surface area contributed by atoms with Crippen LogP contribution in [0.15, 0.2) is 0 Å². The monoisotopic (exact) mass is 197 g/mol. The van der Waals surface area contributed by atoms with Crippen molar-refractivity contribution in [2.24, 2.45) is 0 Å². The maximum atomic E-state index is 9.68. The van der Waals surface area contributed by atoms with Gasteiger partial charge in [0.25, 0.3) is 0 Å². The van der Waals surface area contributed by atoms with Gasteiger partial charge in [0.05, 0.1) is 5.33 Å². The van der Waals surface area contributed by atoms with Crippen molar-refractivity contribution >= 4 is 24.2 Å². The average molecular weight is 198 g/mol. The molecule has 0 amide bonds. The molecule has 0 saturated carbocycles. The van der Waals surface area contributed by atoms with E-state index < -0.39 is 8.25 Å². The molecule has 0 spiro atoms. The fraction of sp³-hybridized carbons (Fsp3) is 0.333. The summed E-state index contributed by atoms with van der Waals surface area (Å²) in [6.45, 7) is 0. The van der Waals surface area contributed by atoms with E-state index in [1.165, 1.54) is 0 Å². The first-order valence-corrected chi connectivity index (χ1v) is 3.89. The minimum atomic E-state index is -2.56. The summed E-state index contributed by atoms with van der Waals surface area (Å²) in [5, 5.41) is 0.441. The van der Waals surface area contributed by atoms with E-state index in [4.69, 9.17) is 4.89 Å². The Balaban J connectivity index is 3.29. The summed E-state index contributed by atoms with van der Waals surface area (Å²) < 4.78 is 13.6. The molecule has 1 unspecified atom stereocenters. The second-order valence-electron chi connectivity index (χ2n) is 0.742. The second kappa shape index (κ2) is 5.04. The van der Waals surface area contributed by atoms with Gasteiger partial charge in [-0.3, -0.25) is 0 Å². The van der Waals surface area contributed by atoms with Gasteiger partial charge in [-0.1, -0.05) is 15.9 Å². The van der Waals surface area contributed by atoms with E-state index in [2.05, 4.69) is 26.4 Å². The van der Waals surface area contributed by atoms with Crippen LogP contribution in [0.5, 0.6) is 0 Å². The predicted molar refractivity (Wildman–Crippen MR) is 32.5 cm³/mol. The lowest BCUT2D eigenvalue weighted by atomic mass is 10.8. The van der Waals surface area contributed by atoms with Gasteiger partial charge in [-0.2, -0.15) is 4.52 Å². The summed E-state index contributed by atoms with van der Waals surface area (Å²) in [6.07, 6.45) is 2.00. The first kappa shape index (κ1) is 7.90. The molecule has 3 nitrogen and oxygen atoms in total. The Bertz CT molecular complexity index is 135. The lowest BCUT2D eigenvalue weighted by Gasteiger charge is -1.64. The van der Waals surface area contributed by atoms with Gasteiger partial charge in [0.2, 0.25) is 0 Å². The summed E-state index contributed by atoms with van der Waals surface area (Å²) in [7, 11) is -2.56. The maximum absolute atomic E-state index is 9.68. The number of hydrogen-bond donors (Lipinski definition) is 1. The fourth-order valence-corrected chi connectivity index (χ4v) is 0.356. The number of alkyl halides is 1. The van der Waals surface area contributed by atoms with Crippen LogP contribution in [-0.2, 0) is 9.09 Å². The molecule has 1 N–H and O–H groups in total. The van der Waals surface area contributed by atoms with Crippen LogP contribution in [0.25, 0.3) is 0 Å². The second-order valence-corrected chi connectivity index (χ2v) is 1.96. The number of hydrogen-bond acceptors (Lipinski definition) is 2. The normalized spacial score (nSPS) is 9.00. The molecule has 1 atom stereocenters. The van der Waals surface area contributed by atoms with Crippen molar-refractivity contribution in [1.29, 1.82) is 0 Å². The van der Waals surface area contributed by atoms with Crippen LogP contribution in [-0.4, -0.2) is 10.2 Å². The summed E-state index contributed by atoms with van der Waals surface area (Å²) >= 11 is 2.97. The molecule has 0 saturated heterocycles. The van der Waals surface area contributed by atoms with Gasteiger partial charge >= 0.3 is 8.25 Å². The van der Waals surface area contributed by atoms with Crippen LogP contribution in [0.2, 0.25) is 0 Å². The largest absolute Gasteiger partial charge is 0.756 e. The molecule has 0 radical (unpaired) electrons. The highest BCUT2D eigenvalue weighted by Crippen LogP contribution is 2.11. The third-order valence-corrected chi connectivity index (χ3v) is 0.791. The van der Waals surface area contributed by atoms with E-state index >= 15 is 0 Å². The van der Waals surface area contributed by atoms with Crippen LogP contribution in [0.4, 0.5) is 0 Å². The smallest absolute Gasteiger partial charge is 0.173 e.